The molecule has 1 aliphatic carbocycles. The third-order valence-corrected chi connectivity index (χ3v) is 6.03. The van der Waals surface area contributed by atoms with Gasteiger partial charge in [-0.05, 0) is 31.4 Å². The van der Waals surface area contributed by atoms with Gasteiger partial charge < -0.3 is 14.5 Å². The summed E-state index contributed by atoms with van der Waals surface area (Å²) in [6.45, 7) is 3.30. The van der Waals surface area contributed by atoms with Gasteiger partial charge in [0, 0.05) is 24.8 Å². The van der Waals surface area contributed by atoms with Gasteiger partial charge in [-0.2, -0.15) is 5.10 Å². The highest BCUT2D eigenvalue weighted by atomic mass is 16.5. The number of carbonyl (C=O) groups excluding carboxylic acids is 2. The molecule has 2 amide bonds. The van der Waals surface area contributed by atoms with Crippen LogP contribution in [0.25, 0.3) is 0 Å². The molecule has 0 radical (unpaired) electrons. The number of ether oxygens (including phenoxy) is 1. The molecular formula is C23H30N4O3. The Hall–Kier alpha value is -2.67. The number of aromatic amines is 1. The Morgan fingerprint density at radius 3 is 2.63 bits per heavy atom. The van der Waals surface area contributed by atoms with Crippen LogP contribution < -0.4 is 0 Å². The lowest BCUT2D eigenvalue weighted by Crippen LogP contribution is -2.46. The van der Waals surface area contributed by atoms with Crippen molar-refractivity contribution < 1.29 is 14.3 Å². The Morgan fingerprint density at radius 2 is 1.93 bits per heavy atom. The summed E-state index contributed by atoms with van der Waals surface area (Å²) in [5, 5.41) is 6.90. The lowest BCUT2D eigenvalue weighted by Gasteiger charge is -2.34. The Kier molecular flexibility index (Phi) is 6.47. The van der Waals surface area contributed by atoms with E-state index in [4.69, 9.17) is 4.74 Å². The number of rotatable bonds is 5. The predicted octanol–water partition coefficient (Wildman–Crippen LogP) is 2.92. The van der Waals surface area contributed by atoms with Gasteiger partial charge in [0.15, 0.2) is 0 Å². The molecule has 1 N–H and O–H groups in total. The van der Waals surface area contributed by atoms with Crippen LogP contribution in [0, 0.1) is 6.92 Å². The third-order valence-electron chi connectivity index (χ3n) is 6.03. The van der Waals surface area contributed by atoms with Crippen molar-refractivity contribution in [3.63, 3.8) is 0 Å². The van der Waals surface area contributed by atoms with Gasteiger partial charge in [-0.3, -0.25) is 14.7 Å². The van der Waals surface area contributed by atoms with Crippen molar-refractivity contribution in [2.45, 2.75) is 57.8 Å². The van der Waals surface area contributed by atoms with E-state index >= 15 is 0 Å². The van der Waals surface area contributed by atoms with E-state index in [2.05, 4.69) is 10.2 Å². The van der Waals surface area contributed by atoms with Crippen LogP contribution in [0.4, 0.5) is 0 Å². The van der Waals surface area contributed by atoms with Gasteiger partial charge in [0.25, 0.3) is 5.91 Å². The molecule has 2 heterocycles. The zero-order chi connectivity index (χ0) is 20.9. The zero-order valence-electron chi connectivity index (χ0n) is 17.5. The van der Waals surface area contributed by atoms with Crippen molar-refractivity contribution in [1.82, 2.24) is 20.0 Å². The molecule has 1 aromatic carbocycles. The number of amides is 2. The highest BCUT2D eigenvalue weighted by Crippen LogP contribution is 2.25. The smallest absolute Gasteiger partial charge is 0.274 e. The minimum atomic E-state index is -0.234. The van der Waals surface area contributed by atoms with Crippen molar-refractivity contribution in [3.05, 3.63) is 53.3 Å². The van der Waals surface area contributed by atoms with Crippen LogP contribution >= 0.6 is 0 Å². The predicted molar refractivity (Wildman–Crippen MR) is 113 cm³/mol. The summed E-state index contributed by atoms with van der Waals surface area (Å²) in [4.78, 5) is 29.7. The van der Waals surface area contributed by atoms with Crippen molar-refractivity contribution in [1.29, 1.82) is 0 Å². The zero-order valence-corrected chi connectivity index (χ0v) is 17.5. The molecule has 7 heteroatoms. The van der Waals surface area contributed by atoms with Crippen molar-refractivity contribution in [3.8, 4) is 0 Å². The van der Waals surface area contributed by atoms with E-state index in [1.165, 1.54) is 6.42 Å². The Balaban J connectivity index is 1.52. The fourth-order valence-electron chi connectivity index (χ4n) is 4.43. The first-order valence-electron chi connectivity index (χ1n) is 10.9. The van der Waals surface area contributed by atoms with Crippen molar-refractivity contribution >= 4 is 11.8 Å². The molecule has 1 atom stereocenters. The molecule has 160 valence electrons. The first-order valence-corrected chi connectivity index (χ1v) is 10.9. The molecule has 1 aromatic heterocycles. The molecule has 1 saturated carbocycles. The number of benzene rings is 1. The molecule has 2 fully saturated rings. The number of nitrogens with zero attached hydrogens (tertiary/aromatic N) is 3. The maximum Gasteiger partial charge on any atom is 0.274 e. The molecule has 4 rings (SSSR count). The highest BCUT2D eigenvalue weighted by molar-refractivity contribution is 5.95. The minimum absolute atomic E-state index is 0.00770. The van der Waals surface area contributed by atoms with Crippen LogP contribution in [-0.2, 0) is 16.1 Å². The normalized spacial score (nSPS) is 21.0. The molecule has 0 bridgehead atoms. The number of aromatic nitrogens is 2. The highest BCUT2D eigenvalue weighted by Gasteiger charge is 2.35. The van der Waals surface area contributed by atoms with E-state index < -0.39 is 0 Å². The largest absolute Gasteiger partial charge is 0.370 e. The quantitative estimate of drug-likeness (QED) is 0.822. The van der Waals surface area contributed by atoms with Gasteiger partial charge in [0.1, 0.15) is 12.2 Å². The van der Waals surface area contributed by atoms with Crippen LogP contribution in [-0.4, -0.2) is 63.6 Å². The summed E-state index contributed by atoms with van der Waals surface area (Å²) in [6, 6.07) is 12.0. The topological polar surface area (TPSA) is 78.5 Å². The van der Waals surface area contributed by atoms with Gasteiger partial charge in [-0.25, -0.2) is 0 Å². The first kappa shape index (κ1) is 20.6. The van der Waals surface area contributed by atoms with E-state index in [1.54, 1.807) is 11.0 Å². The number of nitrogens with one attached hydrogen (secondary N) is 1. The fraction of sp³-hybridized carbons (Fsp3) is 0.522. The van der Waals surface area contributed by atoms with Gasteiger partial charge >= 0.3 is 0 Å². The van der Waals surface area contributed by atoms with E-state index in [0.29, 0.717) is 25.4 Å². The van der Waals surface area contributed by atoms with E-state index in [9.17, 15) is 9.59 Å². The maximum absolute atomic E-state index is 13.1. The summed E-state index contributed by atoms with van der Waals surface area (Å²) >= 11 is 0. The second kappa shape index (κ2) is 9.43. The molecular weight excluding hydrogens is 380 g/mol. The monoisotopic (exact) mass is 410 g/mol. The van der Waals surface area contributed by atoms with E-state index in [0.717, 1.165) is 36.9 Å². The molecule has 2 aromatic rings. The number of hydrogen-bond acceptors (Lipinski definition) is 4. The van der Waals surface area contributed by atoms with Gasteiger partial charge in [0.2, 0.25) is 5.91 Å². The van der Waals surface area contributed by atoms with Gasteiger partial charge in [-0.1, -0.05) is 49.6 Å². The Labute approximate surface area is 177 Å². The van der Waals surface area contributed by atoms with E-state index in [-0.39, 0.29) is 30.5 Å². The average molecular weight is 411 g/mol. The Morgan fingerprint density at radius 1 is 1.17 bits per heavy atom. The second-order valence-corrected chi connectivity index (χ2v) is 8.38. The summed E-state index contributed by atoms with van der Waals surface area (Å²) < 4.78 is 6.22. The summed E-state index contributed by atoms with van der Waals surface area (Å²) in [5.41, 5.74) is 2.24. The molecule has 1 saturated heterocycles. The van der Waals surface area contributed by atoms with Crippen molar-refractivity contribution in [2.24, 2.45) is 0 Å². The Bertz CT molecular complexity index is 860. The number of hydrogen-bond donors (Lipinski definition) is 1. The number of H-pyrrole nitrogens is 1. The summed E-state index contributed by atoms with van der Waals surface area (Å²) in [6.07, 6.45) is 5.36. The molecule has 30 heavy (non-hydrogen) atoms. The second-order valence-electron chi connectivity index (χ2n) is 8.38. The van der Waals surface area contributed by atoms with Crippen molar-refractivity contribution in [2.75, 3.05) is 19.6 Å². The molecule has 0 spiro atoms. The van der Waals surface area contributed by atoms with Gasteiger partial charge in [0.05, 0.1) is 12.7 Å². The molecule has 0 unspecified atom stereocenters. The van der Waals surface area contributed by atoms with Crippen LogP contribution in [0.3, 0.4) is 0 Å². The summed E-state index contributed by atoms with van der Waals surface area (Å²) in [5.74, 6) is -0.222. The van der Waals surface area contributed by atoms with Crippen LogP contribution in [0.1, 0.15) is 53.8 Å². The average Bonchev–Trinajstić information content (AvgIpc) is 3.14. The molecule has 2 aliphatic rings. The fourth-order valence-corrected chi connectivity index (χ4v) is 4.43. The maximum atomic E-state index is 13.1. The first-order chi connectivity index (χ1) is 14.6. The van der Waals surface area contributed by atoms with Crippen LogP contribution in [0.5, 0.6) is 0 Å². The van der Waals surface area contributed by atoms with Gasteiger partial charge in [-0.15, -0.1) is 0 Å². The lowest BCUT2D eigenvalue weighted by molar-refractivity contribution is -0.134. The minimum Gasteiger partial charge on any atom is -0.370 e. The van der Waals surface area contributed by atoms with E-state index in [1.807, 2.05) is 42.2 Å². The molecule has 7 nitrogen and oxygen atoms in total. The lowest BCUT2D eigenvalue weighted by atomic mass is 9.94. The number of aryl methyl sites for hydroxylation is 1. The molecule has 1 aliphatic heterocycles. The summed E-state index contributed by atoms with van der Waals surface area (Å²) in [7, 11) is 0. The standard InChI is InChI=1S/C23H30N4O3/c1-17-12-21(25-24-17)23(29)26-13-20(30-16-18-8-4-2-5-9-18)14-27(22(28)15-26)19-10-6-3-7-11-19/h2,4-5,8-9,12,19-20H,3,6-7,10-11,13-16H2,1H3,(H,24,25)/t20-/m0/s1. The number of carbonyl (C=O) groups is 2. The van der Waals surface area contributed by atoms with Crippen LogP contribution in [0.15, 0.2) is 36.4 Å². The SMILES string of the molecule is Cc1cc(C(=O)N2CC(=O)N(C3CCCCC3)C[C@@H](OCc3ccccc3)C2)n[nH]1. The van der Waals surface area contributed by atoms with Crippen LogP contribution in [0.2, 0.25) is 0 Å². The third kappa shape index (κ3) is 4.90.